The maximum absolute atomic E-state index is 12.5. The summed E-state index contributed by atoms with van der Waals surface area (Å²) in [6.45, 7) is 8.55. The number of aryl methyl sites for hydroxylation is 3. The fraction of sp³-hybridized carbons (Fsp3) is 0.391. The van der Waals surface area contributed by atoms with Crippen LogP contribution in [0.2, 0.25) is 0 Å². The van der Waals surface area contributed by atoms with Crippen molar-refractivity contribution in [3.63, 3.8) is 0 Å². The van der Waals surface area contributed by atoms with Gasteiger partial charge in [-0.1, -0.05) is 23.8 Å². The van der Waals surface area contributed by atoms with E-state index in [-0.39, 0.29) is 37.7 Å². The number of rotatable bonds is 7. The molecule has 0 radical (unpaired) electrons. The van der Waals surface area contributed by atoms with Gasteiger partial charge >= 0.3 is 0 Å². The van der Waals surface area contributed by atoms with E-state index in [1.165, 1.54) is 5.56 Å². The lowest BCUT2D eigenvalue weighted by Gasteiger charge is -2.18. The van der Waals surface area contributed by atoms with Crippen LogP contribution in [0.5, 0.6) is 11.5 Å². The molecular weight excluding hydrogens is 382 g/mol. The molecule has 3 rings (SSSR count). The second-order valence-electron chi connectivity index (χ2n) is 8.03. The van der Waals surface area contributed by atoms with Gasteiger partial charge < -0.3 is 25.0 Å². The van der Waals surface area contributed by atoms with Crippen molar-refractivity contribution >= 4 is 17.5 Å². The molecule has 2 aromatic rings. The Labute approximate surface area is 177 Å². The molecule has 0 bridgehead atoms. The van der Waals surface area contributed by atoms with Crippen LogP contribution < -0.4 is 25.0 Å². The van der Waals surface area contributed by atoms with E-state index in [0.29, 0.717) is 11.5 Å². The number of hydrogen-bond acceptors (Lipinski definition) is 4. The minimum Gasteiger partial charge on any atom is -0.454 e. The Morgan fingerprint density at radius 1 is 1.00 bits per heavy atom. The Kier molecular flexibility index (Phi) is 6.62. The molecule has 3 N–H and O–H groups in total. The van der Waals surface area contributed by atoms with E-state index in [0.717, 1.165) is 27.3 Å². The third-order valence-electron chi connectivity index (χ3n) is 5.14. The zero-order chi connectivity index (χ0) is 21.8. The molecule has 0 fully saturated rings. The van der Waals surface area contributed by atoms with E-state index >= 15 is 0 Å². The topological polar surface area (TPSA) is 81.1 Å². The lowest BCUT2D eigenvalue weighted by molar-refractivity contribution is -0.862. The predicted octanol–water partition coefficient (Wildman–Crippen LogP) is 1.67. The van der Waals surface area contributed by atoms with E-state index in [1.807, 2.05) is 65.1 Å². The number of amides is 2. The molecule has 30 heavy (non-hydrogen) atoms. The van der Waals surface area contributed by atoms with Crippen molar-refractivity contribution in [3.8, 4) is 11.5 Å². The van der Waals surface area contributed by atoms with Gasteiger partial charge in [-0.2, -0.15) is 0 Å². The lowest BCUT2D eigenvalue weighted by atomic mass is 10.1. The molecule has 0 saturated heterocycles. The van der Waals surface area contributed by atoms with Gasteiger partial charge in [-0.25, -0.2) is 0 Å². The number of nitrogens with one attached hydrogen (secondary N) is 3. The Balaban J connectivity index is 1.50. The van der Waals surface area contributed by atoms with Crippen LogP contribution in [0.1, 0.15) is 35.2 Å². The highest BCUT2D eigenvalue weighted by Crippen LogP contribution is 2.34. The summed E-state index contributed by atoms with van der Waals surface area (Å²) in [6.07, 6.45) is 0. The highest BCUT2D eigenvalue weighted by molar-refractivity contribution is 5.93. The quantitative estimate of drug-likeness (QED) is 0.646. The van der Waals surface area contributed by atoms with Gasteiger partial charge in [-0.15, -0.1) is 0 Å². The molecule has 1 aliphatic rings. The lowest BCUT2D eigenvalue weighted by Crippen LogP contribution is -3.11. The summed E-state index contributed by atoms with van der Waals surface area (Å²) in [5.74, 6) is 1.17. The van der Waals surface area contributed by atoms with Crippen molar-refractivity contribution in [3.05, 3.63) is 52.6 Å². The summed E-state index contributed by atoms with van der Waals surface area (Å²) in [5, 5.41) is 5.96. The van der Waals surface area contributed by atoms with Gasteiger partial charge in [0.25, 0.3) is 11.8 Å². The Morgan fingerprint density at radius 2 is 1.63 bits per heavy atom. The second-order valence-corrected chi connectivity index (χ2v) is 8.03. The third kappa shape index (κ3) is 5.30. The van der Waals surface area contributed by atoms with Crippen LogP contribution in [0.15, 0.2) is 30.3 Å². The number of carbonyl (C=O) groups excluding carboxylic acids is 2. The van der Waals surface area contributed by atoms with Crippen LogP contribution in [0.4, 0.5) is 5.69 Å². The van der Waals surface area contributed by atoms with E-state index in [1.54, 1.807) is 0 Å². The minimum atomic E-state index is -0.175. The largest absolute Gasteiger partial charge is 0.454 e. The summed E-state index contributed by atoms with van der Waals surface area (Å²) < 4.78 is 10.7. The molecule has 2 amide bonds. The van der Waals surface area contributed by atoms with E-state index in [9.17, 15) is 9.59 Å². The number of benzene rings is 2. The molecule has 0 aromatic heterocycles. The van der Waals surface area contributed by atoms with Crippen molar-refractivity contribution in [1.82, 2.24) is 5.32 Å². The first kappa shape index (κ1) is 21.6. The molecule has 1 aliphatic heterocycles. The number of anilines is 1. The smallest absolute Gasteiger partial charge is 0.279 e. The third-order valence-corrected chi connectivity index (χ3v) is 5.14. The van der Waals surface area contributed by atoms with Crippen molar-refractivity contribution in [2.45, 2.75) is 33.7 Å². The van der Waals surface area contributed by atoms with Gasteiger partial charge in [0.1, 0.15) is 0 Å². The predicted molar refractivity (Wildman–Crippen MR) is 115 cm³/mol. The van der Waals surface area contributed by atoms with Crippen molar-refractivity contribution in [2.75, 3.05) is 32.2 Å². The number of fused-ring (bicyclic) bond motifs is 1. The van der Waals surface area contributed by atoms with Gasteiger partial charge in [-0.3, -0.25) is 9.59 Å². The molecule has 2 atom stereocenters. The van der Waals surface area contributed by atoms with Crippen LogP contribution in [0.25, 0.3) is 0 Å². The molecule has 160 valence electrons. The standard InChI is InChI=1S/C23H29N3O4/c1-14-8-15(2)23(16(3)9-14)25-22(28)12-26(5)11-21(27)24-17(4)18-6-7-19-20(10-18)30-13-29-19/h6-10,17H,11-13H2,1-5H3,(H,24,27)(H,25,28)/p+1/t17-/m1/s1. The fourth-order valence-corrected chi connectivity index (χ4v) is 3.73. The molecule has 1 unspecified atom stereocenters. The van der Waals surface area contributed by atoms with Crippen molar-refractivity contribution in [2.24, 2.45) is 0 Å². The van der Waals surface area contributed by atoms with Gasteiger partial charge in [0.05, 0.1) is 13.1 Å². The van der Waals surface area contributed by atoms with E-state index in [2.05, 4.69) is 10.6 Å². The number of likely N-dealkylation sites (N-methyl/N-ethyl adjacent to an activating group) is 1. The van der Waals surface area contributed by atoms with Crippen LogP contribution in [-0.2, 0) is 9.59 Å². The first-order valence-electron chi connectivity index (χ1n) is 10.1. The zero-order valence-corrected chi connectivity index (χ0v) is 18.2. The molecule has 2 aromatic carbocycles. The highest BCUT2D eigenvalue weighted by Gasteiger charge is 2.19. The fourth-order valence-electron chi connectivity index (χ4n) is 3.73. The molecular formula is C23H30N3O4+. The van der Waals surface area contributed by atoms with Gasteiger partial charge in [-0.05, 0) is 56.5 Å². The maximum Gasteiger partial charge on any atom is 0.279 e. The number of hydrogen-bond donors (Lipinski definition) is 3. The zero-order valence-electron chi connectivity index (χ0n) is 18.2. The summed E-state index contributed by atoms with van der Waals surface area (Å²) >= 11 is 0. The first-order valence-corrected chi connectivity index (χ1v) is 10.1. The molecule has 7 nitrogen and oxygen atoms in total. The average molecular weight is 413 g/mol. The number of ether oxygens (including phenoxy) is 2. The van der Waals surface area contributed by atoms with Crippen LogP contribution in [0.3, 0.4) is 0 Å². The molecule has 0 saturated carbocycles. The van der Waals surface area contributed by atoms with Gasteiger partial charge in [0, 0.05) is 5.69 Å². The Morgan fingerprint density at radius 3 is 2.33 bits per heavy atom. The number of quaternary nitrogens is 1. The summed E-state index contributed by atoms with van der Waals surface area (Å²) in [6, 6.07) is 9.55. The average Bonchev–Trinajstić information content (AvgIpc) is 3.12. The SMILES string of the molecule is Cc1cc(C)c(NC(=O)C[NH+](C)CC(=O)N[C@H](C)c2ccc3c(c2)OCO3)c(C)c1. The Hall–Kier alpha value is -3.06. The van der Waals surface area contributed by atoms with Crippen molar-refractivity contribution in [1.29, 1.82) is 0 Å². The van der Waals surface area contributed by atoms with Crippen LogP contribution >= 0.6 is 0 Å². The summed E-state index contributed by atoms with van der Waals surface area (Å²) in [4.78, 5) is 25.7. The number of carbonyl (C=O) groups is 2. The van der Waals surface area contributed by atoms with Crippen LogP contribution in [0, 0.1) is 20.8 Å². The molecule has 1 heterocycles. The van der Waals surface area contributed by atoms with Gasteiger partial charge in [0.2, 0.25) is 6.79 Å². The minimum absolute atomic E-state index is 0.112. The molecule has 0 aliphatic carbocycles. The van der Waals surface area contributed by atoms with Gasteiger partial charge in [0.15, 0.2) is 24.6 Å². The molecule has 7 heteroatoms. The van der Waals surface area contributed by atoms with Crippen LogP contribution in [-0.4, -0.2) is 38.7 Å². The maximum atomic E-state index is 12.5. The monoisotopic (exact) mass is 412 g/mol. The Bertz CT molecular complexity index is 934. The first-order chi connectivity index (χ1) is 14.2. The summed E-state index contributed by atoms with van der Waals surface area (Å²) in [5.41, 5.74) is 5.02. The van der Waals surface area contributed by atoms with E-state index < -0.39 is 0 Å². The summed E-state index contributed by atoms with van der Waals surface area (Å²) in [7, 11) is 1.83. The second kappa shape index (κ2) is 9.17. The highest BCUT2D eigenvalue weighted by atomic mass is 16.7. The molecule has 0 spiro atoms. The van der Waals surface area contributed by atoms with E-state index in [4.69, 9.17) is 9.47 Å². The normalized spacial score (nSPS) is 14.2. The van der Waals surface area contributed by atoms with Crippen molar-refractivity contribution < 1.29 is 24.0 Å².